The van der Waals surface area contributed by atoms with Crippen molar-refractivity contribution < 1.29 is 24.2 Å². The molecule has 1 unspecified atom stereocenters. The number of ether oxygens (including phenoxy) is 2. The number of amides is 1. The lowest BCUT2D eigenvalue weighted by molar-refractivity contribution is -0.132. The SMILES string of the molecule is CCOc1ccc(/C(O)=C2\C(=O)C(=O)N(c3cccc(OC)c3)C2c2ccc(N(CC)CC)cc2)cc1. The van der Waals surface area contributed by atoms with Crippen LogP contribution >= 0.6 is 0 Å². The number of benzene rings is 3. The number of ketones is 1. The largest absolute Gasteiger partial charge is 0.507 e. The van der Waals surface area contributed by atoms with Crippen LogP contribution in [0, 0.1) is 0 Å². The van der Waals surface area contributed by atoms with Crippen molar-refractivity contribution in [1.82, 2.24) is 0 Å². The van der Waals surface area contributed by atoms with Gasteiger partial charge in [0.05, 0.1) is 25.3 Å². The van der Waals surface area contributed by atoms with Gasteiger partial charge in [-0.2, -0.15) is 0 Å². The summed E-state index contributed by atoms with van der Waals surface area (Å²) in [6, 6.07) is 20.8. The summed E-state index contributed by atoms with van der Waals surface area (Å²) in [6.45, 7) is 8.30. The number of nitrogens with zero attached hydrogens (tertiary/aromatic N) is 2. The highest BCUT2D eigenvalue weighted by atomic mass is 16.5. The van der Waals surface area contributed by atoms with Crippen LogP contribution in [0.15, 0.2) is 78.4 Å². The molecule has 0 bridgehead atoms. The molecule has 7 nitrogen and oxygen atoms in total. The fourth-order valence-corrected chi connectivity index (χ4v) is 4.66. The Hall–Kier alpha value is -4.26. The zero-order valence-electron chi connectivity index (χ0n) is 21.6. The van der Waals surface area contributed by atoms with Gasteiger partial charge in [-0.25, -0.2) is 0 Å². The van der Waals surface area contributed by atoms with Crippen molar-refractivity contribution in [2.75, 3.05) is 36.6 Å². The molecule has 192 valence electrons. The van der Waals surface area contributed by atoms with Crippen molar-refractivity contribution in [2.45, 2.75) is 26.8 Å². The molecule has 1 N–H and O–H groups in total. The minimum atomic E-state index is -0.815. The maximum absolute atomic E-state index is 13.4. The Morgan fingerprint density at radius 1 is 0.919 bits per heavy atom. The van der Waals surface area contributed by atoms with Crippen molar-refractivity contribution in [3.05, 3.63) is 89.5 Å². The van der Waals surface area contributed by atoms with E-state index in [1.54, 1.807) is 55.6 Å². The predicted octanol–water partition coefficient (Wildman–Crippen LogP) is 5.57. The van der Waals surface area contributed by atoms with Crippen molar-refractivity contribution in [3.63, 3.8) is 0 Å². The van der Waals surface area contributed by atoms with E-state index in [1.165, 1.54) is 4.90 Å². The second-order valence-electron chi connectivity index (χ2n) is 8.59. The Morgan fingerprint density at radius 3 is 2.19 bits per heavy atom. The first-order valence-corrected chi connectivity index (χ1v) is 12.5. The maximum atomic E-state index is 13.4. The number of Topliss-reactive ketones (excluding diaryl/α,β-unsaturated/α-hetero) is 1. The molecule has 0 aliphatic carbocycles. The number of anilines is 2. The van der Waals surface area contributed by atoms with E-state index in [-0.39, 0.29) is 11.3 Å². The van der Waals surface area contributed by atoms with Crippen LogP contribution in [0.2, 0.25) is 0 Å². The molecule has 1 atom stereocenters. The van der Waals surface area contributed by atoms with Crippen molar-refractivity contribution in [2.24, 2.45) is 0 Å². The first-order chi connectivity index (χ1) is 17.9. The number of rotatable bonds is 9. The average molecular weight is 501 g/mol. The summed E-state index contributed by atoms with van der Waals surface area (Å²) in [5.41, 5.74) is 2.72. The van der Waals surface area contributed by atoms with Crippen molar-refractivity contribution in [3.8, 4) is 11.5 Å². The van der Waals surface area contributed by atoms with E-state index >= 15 is 0 Å². The molecule has 1 aliphatic heterocycles. The molecule has 0 aromatic heterocycles. The zero-order valence-corrected chi connectivity index (χ0v) is 21.6. The smallest absolute Gasteiger partial charge is 0.300 e. The van der Waals surface area contributed by atoms with Gasteiger partial charge in [0.15, 0.2) is 0 Å². The minimum Gasteiger partial charge on any atom is -0.507 e. The van der Waals surface area contributed by atoms with E-state index in [1.807, 2.05) is 31.2 Å². The first-order valence-electron chi connectivity index (χ1n) is 12.5. The van der Waals surface area contributed by atoms with E-state index in [0.717, 1.165) is 18.8 Å². The van der Waals surface area contributed by atoms with E-state index in [9.17, 15) is 14.7 Å². The van der Waals surface area contributed by atoms with Crippen LogP contribution in [-0.2, 0) is 9.59 Å². The van der Waals surface area contributed by atoms with Crippen LogP contribution in [-0.4, -0.2) is 43.6 Å². The summed E-state index contributed by atoms with van der Waals surface area (Å²) < 4.78 is 10.9. The van der Waals surface area contributed by atoms with Gasteiger partial charge >= 0.3 is 0 Å². The highest BCUT2D eigenvalue weighted by Crippen LogP contribution is 2.43. The molecule has 4 rings (SSSR count). The van der Waals surface area contributed by atoms with Gasteiger partial charge in [-0.1, -0.05) is 18.2 Å². The van der Waals surface area contributed by atoms with E-state index in [4.69, 9.17) is 9.47 Å². The minimum absolute atomic E-state index is 0.0348. The van der Waals surface area contributed by atoms with Crippen LogP contribution in [0.5, 0.6) is 11.5 Å². The average Bonchev–Trinajstić information content (AvgIpc) is 3.20. The molecule has 7 heteroatoms. The number of hydrogen-bond donors (Lipinski definition) is 1. The predicted molar refractivity (Wildman–Crippen MR) is 145 cm³/mol. The number of hydrogen-bond acceptors (Lipinski definition) is 6. The van der Waals surface area contributed by atoms with E-state index in [2.05, 4.69) is 18.7 Å². The number of carbonyl (C=O) groups is 2. The first kappa shape index (κ1) is 25.8. The van der Waals surface area contributed by atoms with Gasteiger partial charge in [0.2, 0.25) is 0 Å². The Morgan fingerprint density at radius 2 is 1.59 bits per heavy atom. The van der Waals surface area contributed by atoms with Gasteiger partial charge in [0, 0.05) is 36.1 Å². The Labute approximate surface area is 217 Å². The van der Waals surface area contributed by atoms with Crippen molar-refractivity contribution in [1.29, 1.82) is 0 Å². The van der Waals surface area contributed by atoms with Crippen molar-refractivity contribution >= 4 is 28.8 Å². The quantitative estimate of drug-likeness (QED) is 0.235. The molecular weight excluding hydrogens is 468 g/mol. The fraction of sp³-hybridized carbons (Fsp3) is 0.267. The highest BCUT2D eigenvalue weighted by molar-refractivity contribution is 6.51. The van der Waals surface area contributed by atoms with Crippen LogP contribution in [0.3, 0.4) is 0 Å². The summed E-state index contributed by atoms with van der Waals surface area (Å²) in [5.74, 6) is -0.476. The Kier molecular flexibility index (Phi) is 7.82. The second-order valence-corrected chi connectivity index (χ2v) is 8.59. The third-order valence-electron chi connectivity index (χ3n) is 6.55. The van der Waals surface area contributed by atoms with E-state index < -0.39 is 17.7 Å². The zero-order chi connectivity index (χ0) is 26.5. The lowest BCUT2D eigenvalue weighted by atomic mass is 9.94. The monoisotopic (exact) mass is 500 g/mol. The number of aliphatic hydroxyl groups is 1. The van der Waals surface area contributed by atoms with Gasteiger partial charge in [0.25, 0.3) is 11.7 Å². The third kappa shape index (κ3) is 5.03. The molecule has 3 aromatic carbocycles. The summed E-state index contributed by atoms with van der Waals surface area (Å²) in [6.07, 6.45) is 0. The second kappa shape index (κ2) is 11.2. The Bertz CT molecular complexity index is 1290. The molecule has 0 radical (unpaired) electrons. The van der Waals surface area contributed by atoms with Gasteiger partial charge in [0.1, 0.15) is 17.3 Å². The third-order valence-corrected chi connectivity index (χ3v) is 6.55. The Balaban J connectivity index is 1.87. The normalized spacial score (nSPS) is 16.6. The molecule has 1 aliphatic rings. The number of aliphatic hydroxyl groups excluding tert-OH is 1. The van der Waals surface area contributed by atoms with E-state index in [0.29, 0.717) is 34.9 Å². The molecule has 0 spiro atoms. The van der Waals surface area contributed by atoms with Gasteiger partial charge in [-0.05, 0) is 74.9 Å². The summed E-state index contributed by atoms with van der Waals surface area (Å²) in [4.78, 5) is 30.4. The summed E-state index contributed by atoms with van der Waals surface area (Å²) in [5, 5.41) is 11.4. The maximum Gasteiger partial charge on any atom is 0.300 e. The van der Waals surface area contributed by atoms with Crippen LogP contribution < -0.4 is 19.3 Å². The van der Waals surface area contributed by atoms with Crippen LogP contribution in [0.1, 0.15) is 37.9 Å². The molecular formula is C30H32N2O5. The standard InChI is InChI=1S/C30H32N2O5/c1-5-31(6-2)22-15-11-20(12-16-22)27-26(28(33)21-13-17-24(18-14-21)37-7-3)29(34)30(35)32(27)23-9-8-10-25(19-23)36-4/h8-19,27,33H,5-7H2,1-4H3/b28-26+. The summed E-state index contributed by atoms with van der Waals surface area (Å²) in [7, 11) is 1.54. The van der Waals surface area contributed by atoms with Gasteiger partial charge in [-0.3, -0.25) is 14.5 Å². The lowest BCUT2D eigenvalue weighted by Crippen LogP contribution is -2.29. The number of carbonyl (C=O) groups excluding carboxylic acids is 2. The molecule has 1 amide bonds. The number of methoxy groups -OCH3 is 1. The topological polar surface area (TPSA) is 79.3 Å². The molecule has 37 heavy (non-hydrogen) atoms. The van der Waals surface area contributed by atoms with Gasteiger partial charge < -0.3 is 19.5 Å². The molecule has 1 heterocycles. The molecule has 3 aromatic rings. The lowest BCUT2D eigenvalue weighted by Gasteiger charge is -2.27. The molecule has 1 saturated heterocycles. The molecule has 0 saturated carbocycles. The van der Waals surface area contributed by atoms with Gasteiger partial charge in [-0.15, -0.1) is 0 Å². The summed E-state index contributed by atoms with van der Waals surface area (Å²) >= 11 is 0. The fourth-order valence-electron chi connectivity index (χ4n) is 4.66. The van der Waals surface area contributed by atoms with Crippen LogP contribution in [0.4, 0.5) is 11.4 Å². The van der Waals surface area contributed by atoms with Crippen LogP contribution in [0.25, 0.3) is 5.76 Å². The molecule has 1 fully saturated rings. The highest BCUT2D eigenvalue weighted by Gasteiger charge is 2.47.